The summed E-state index contributed by atoms with van der Waals surface area (Å²) in [4.78, 5) is 33.2. The smallest absolute Gasteiger partial charge is 0.297 e. The van der Waals surface area contributed by atoms with Crippen LogP contribution in [0.5, 0.6) is 5.75 Å². The molecule has 8 heteroatoms. The van der Waals surface area contributed by atoms with E-state index in [9.17, 15) is 9.59 Å². The monoisotopic (exact) mass is 466 g/mol. The summed E-state index contributed by atoms with van der Waals surface area (Å²) in [5, 5.41) is 3.14. The van der Waals surface area contributed by atoms with E-state index in [1.165, 1.54) is 16.2 Å². The number of fused-ring (bicyclic) bond motifs is 2. The van der Waals surface area contributed by atoms with Gasteiger partial charge in [0.15, 0.2) is 10.6 Å². The van der Waals surface area contributed by atoms with Crippen LogP contribution in [-0.2, 0) is 0 Å². The van der Waals surface area contributed by atoms with Crippen LogP contribution in [0.4, 0.5) is 5.13 Å². The molecule has 1 atom stereocenters. The Morgan fingerprint density at radius 1 is 1.22 bits per heavy atom. The van der Waals surface area contributed by atoms with Crippen molar-refractivity contribution in [2.75, 3.05) is 11.5 Å². The number of rotatable bonds is 5. The van der Waals surface area contributed by atoms with Crippen LogP contribution in [0.25, 0.3) is 11.0 Å². The van der Waals surface area contributed by atoms with Crippen LogP contribution in [0, 0.1) is 6.92 Å². The molecule has 3 heterocycles. The number of hydrogen-bond acceptors (Lipinski definition) is 6. The summed E-state index contributed by atoms with van der Waals surface area (Å²) in [6, 6.07) is 11.6. The van der Waals surface area contributed by atoms with E-state index in [4.69, 9.17) is 20.8 Å². The maximum atomic E-state index is 13.6. The molecule has 4 aromatic rings. The van der Waals surface area contributed by atoms with Crippen molar-refractivity contribution in [1.82, 2.24) is 4.98 Å². The van der Waals surface area contributed by atoms with E-state index >= 15 is 0 Å². The molecule has 0 spiro atoms. The topological polar surface area (TPSA) is 72.6 Å². The Balaban J connectivity index is 1.76. The average molecular weight is 467 g/mol. The van der Waals surface area contributed by atoms with Crippen molar-refractivity contribution in [1.29, 1.82) is 0 Å². The number of carbonyl (C=O) groups is 1. The zero-order chi connectivity index (χ0) is 22.4. The zero-order valence-corrected chi connectivity index (χ0v) is 19.0. The second-order valence-electron chi connectivity index (χ2n) is 7.58. The Hall–Kier alpha value is -3.16. The number of aromatic nitrogens is 1. The van der Waals surface area contributed by atoms with Gasteiger partial charge in [-0.2, -0.15) is 0 Å². The van der Waals surface area contributed by atoms with Gasteiger partial charge in [-0.3, -0.25) is 14.5 Å². The number of ether oxygens (including phenoxy) is 1. The Labute approximate surface area is 193 Å². The Morgan fingerprint density at radius 2 is 2.06 bits per heavy atom. The van der Waals surface area contributed by atoms with Crippen molar-refractivity contribution in [3.8, 4) is 5.75 Å². The number of nitrogens with zero attached hydrogens (tertiary/aromatic N) is 2. The van der Waals surface area contributed by atoms with Crippen LogP contribution in [-0.4, -0.2) is 17.5 Å². The summed E-state index contributed by atoms with van der Waals surface area (Å²) in [5.74, 6) is 0.310. The van der Waals surface area contributed by atoms with Crippen LogP contribution in [0.2, 0.25) is 5.02 Å². The van der Waals surface area contributed by atoms with Crippen LogP contribution in [0.3, 0.4) is 0 Å². The van der Waals surface area contributed by atoms with E-state index in [0.29, 0.717) is 33.5 Å². The Morgan fingerprint density at radius 3 is 2.81 bits per heavy atom. The fourth-order valence-electron chi connectivity index (χ4n) is 3.90. The third kappa shape index (κ3) is 3.38. The number of anilines is 1. The molecule has 2 aromatic heterocycles. The predicted octanol–water partition coefficient (Wildman–Crippen LogP) is 5.75. The minimum absolute atomic E-state index is 0.0301. The molecule has 0 saturated heterocycles. The number of halogens is 1. The van der Waals surface area contributed by atoms with Gasteiger partial charge in [-0.25, -0.2) is 4.98 Å². The van der Waals surface area contributed by atoms with Crippen LogP contribution >= 0.6 is 22.9 Å². The fourth-order valence-corrected chi connectivity index (χ4v) is 4.90. The molecule has 1 unspecified atom stereocenters. The van der Waals surface area contributed by atoms with Gasteiger partial charge in [0, 0.05) is 10.4 Å². The summed E-state index contributed by atoms with van der Waals surface area (Å²) >= 11 is 7.49. The lowest BCUT2D eigenvalue weighted by atomic mass is 9.98. The van der Waals surface area contributed by atoms with Gasteiger partial charge in [0.1, 0.15) is 11.3 Å². The number of amides is 1. The molecule has 0 aliphatic carbocycles. The van der Waals surface area contributed by atoms with E-state index in [2.05, 4.69) is 4.98 Å². The number of aryl methyl sites for hydroxylation is 1. The highest BCUT2D eigenvalue weighted by molar-refractivity contribution is 7.14. The predicted molar refractivity (Wildman–Crippen MR) is 125 cm³/mol. The molecule has 1 aliphatic heterocycles. The van der Waals surface area contributed by atoms with E-state index in [1.54, 1.807) is 18.2 Å². The summed E-state index contributed by atoms with van der Waals surface area (Å²) in [7, 11) is 0. The van der Waals surface area contributed by atoms with Crippen molar-refractivity contribution in [3.05, 3.63) is 85.7 Å². The molecule has 162 valence electrons. The van der Waals surface area contributed by atoms with Gasteiger partial charge in [-0.15, -0.1) is 11.3 Å². The van der Waals surface area contributed by atoms with Gasteiger partial charge in [0.2, 0.25) is 5.76 Å². The largest absolute Gasteiger partial charge is 0.494 e. The molecule has 0 radical (unpaired) electrons. The van der Waals surface area contributed by atoms with E-state index < -0.39 is 11.9 Å². The molecule has 0 saturated carbocycles. The first-order valence-corrected chi connectivity index (χ1v) is 11.5. The quantitative estimate of drug-likeness (QED) is 0.374. The first kappa shape index (κ1) is 20.7. The highest BCUT2D eigenvalue weighted by Crippen LogP contribution is 2.42. The fraction of sp³-hybridized carbons (Fsp3) is 0.208. The molecule has 0 fully saturated rings. The lowest BCUT2D eigenvalue weighted by molar-refractivity contribution is 0.0971. The highest BCUT2D eigenvalue weighted by atomic mass is 35.5. The lowest BCUT2D eigenvalue weighted by Gasteiger charge is -2.23. The maximum Gasteiger partial charge on any atom is 0.297 e. The molecular weight excluding hydrogens is 448 g/mol. The minimum atomic E-state index is -0.687. The lowest BCUT2D eigenvalue weighted by Crippen LogP contribution is -2.29. The van der Waals surface area contributed by atoms with E-state index in [0.717, 1.165) is 17.7 Å². The van der Waals surface area contributed by atoms with Crippen molar-refractivity contribution < 1.29 is 13.9 Å². The molecular formula is C24H19ClN2O4S. The molecule has 1 aliphatic rings. The van der Waals surface area contributed by atoms with Crippen LogP contribution < -0.4 is 15.1 Å². The number of carbonyl (C=O) groups excluding carboxylic acids is 1. The molecule has 1 amide bonds. The zero-order valence-electron chi connectivity index (χ0n) is 17.4. The van der Waals surface area contributed by atoms with Crippen molar-refractivity contribution in [2.45, 2.75) is 26.3 Å². The van der Waals surface area contributed by atoms with Gasteiger partial charge in [0.25, 0.3) is 5.91 Å². The Kier molecular flexibility index (Phi) is 5.23. The molecule has 6 nitrogen and oxygen atoms in total. The third-order valence-corrected chi connectivity index (χ3v) is 6.48. The standard InChI is InChI=1S/C24H19ClN2O4S/c1-3-9-30-16-6-4-5-14(10-16)20-19-21(28)17-11-15(25)7-8-18(17)31-22(19)23(29)27(20)24-26-13(2)12-32-24/h4-8,10-12,20H,3,9H2,1-2H3. The van der Waals surface area contributed by atoms with Crippen molar-refractivity contribution in [3.63, 3.8) is 0 Å². The normalized spacial score (nSPS) is 15.4. The van der Waals surface area contributed by atoms with Gasteiger partial charge in [-0.1, -0.05) is 30.7 Å². The van der Waals surface area contributed by atoms with Gasteiger partial charge in [0.05, 0.1) is 29.3 Å². The van der Waals surface area contributed by atoms with Crippen molar-refractivity contribution in [2.24, 2.45) is 0 Å². The summed E-state index contributed by atoms with van der Waals surface area (Å²) in [5.41, 5.74) is 1.86. The summed E-state index contributed by atoms with van der Waals surface area (Å²) in [6.45, 7) is 4.47. The summed E-state index contributed by atoms with van der Waals surface area (Å²) < 4.78 is 11.7. The van der Waals surface area contributed by atoms with Gasteiger partial charge in [-0.05, 0) is 49.2 Å². The van der Waals surface area contributed by atoms with Gasteiger partial charge >= 0.3 is 0 Å². The number of hydrogen-bond donors (Lipinski definition) is 0. The number of benzene rings is 2. The first-order chi connectivity index (χ1) is 15.5. The Bertz CT molecular complexity index is 1410. The molecule has 0 bridgehead atoms. The van der Waals surface area contributed by atoms with E-state index in [1.807, 2.05) is 43.5 Å². The van der Waals surface area contributed by atoms with Crippen LogP contribution in [0.1, 0.15) is 46.8 Å². The average Bonchev–Trinajstić information content (AvgIpc) is 3.34. The van der Waals surface area contributed by atoms with Gasteiger partial charge < -0.3 is 9.15 Å². The first-order valence-electron chi connectivity index (χ1n) is 10.2. The molecule has 2 aromatic carbocycles. The second kappa shape index (κ2) is 8.07. The third-order valence-electron chi connectivity index (χ3n) is 5.29. The van der Waals surface area contributed by atoms with Crippen molar-refractivity contribution >= 4 is 44.9 Å². The van der Waals surface area contributed by atoms with E-state index in [-0.39, 0.29) is 16.8 Å². The molecule has 32 heavy (non-hydrogen) atoms. The summed E-state index contributed by atoms with van der Waals surface area (Å²) in [6.07, 6.45) is 0.871. The minimum Gasteiger partial charge on any atom is -0.494 e. The molecule has 0 N–H and O–H groups in total. The molecule has 5 rings (SSSR count). The number of thiazole rings is 1. The van der Waals surface area contributed by atoms with Crippen LogP contribution in [0.15, 0.2) is 57.1 Å². The second-order valence-corrected chi connectivity index (χ2v) is 8.86. The highest BCUT2D eigenvalue weighted by Gasteiger charge is 2.45. The maximum absolute atomic E-state index is 13.6. The SMILES string of the molecule is CCCOc1cccc(C2c3c(oc4ccc(Cl)cc4c3=O)C(=O)N2c2nc(C)cs2)c1.